The van der Waals surface area contributed by atoms with E-state index in [0.717, 1.165) is 31.2 Å². The van der Waals surface area contributed by atoms with Gasteiger partial charge in [0.05, 0.1) is 0 Å². The number of nitrogens with one attached hydrogen (secondary N) is 2. The van der Waals surface area contributed by atoms with E-state index in [1.54, 1.807) is 0 Å². The lowest BCUT2D eigenvalue weighted by atomic mass is 9.89. The highest BCUT2D eigenvalue weighted by Crippen LogP contribution is 2.34. The second kappa shape index (κ2) is 6.85. The molecular formula is C20H30N4. The summed E-state index contributed by atoms with van der Waals surface area (Å²) in [5.74, 6) is 1.44. The van der Waals surface area contributed by atoms with Crippen molar-refractivity contribution < 1.29 is 0 Å². The number of H-pyrrole nitrogens is 1. The van der Waals surface area contributed by atoms with E-state index in [2.05, 4.69) is 46.2 Å². The summed E-state index contributed by atoms with van der Waals surface area (Å²) in [6.45, 7) is 9.36. The van der Waals surface area contributed by atoms with Gasteiger partial charge in [0.15, 0.2) is 0 Å². The minimum Gasteiger partial charge on any atom is -0.343 e. The molecule has 2 fully saturated rings. The van der Waals surface area contributed by atoms with Gasteiger partial charge in [-0.3, -0.25) is 4.90 Å². The maximum absolute atomic E-state index is 4.59. The van der Waals surface area contributed by atoms with Crippen LogP contribution in [0.1, 0.15) is 56.7 Å². The molecular weight excluding hydrogens is 296 g/mol. The maximum atomic E-state index is 4.59. The van der Waals surface area contributed by atoms with E-state index in [1.807, 2.05) is 6.20 Å². The molecule has 2 aliphatic rings. The van der Waals surface area contributed by atoms with E-state index in [-0.39, 0.29) is 0 Å². The minimum absolute atomic E-state index is 0.646. The Hall–Kier alpha value is -1.39. The molecule has 0 unspecified atom stereocenters. The molecule has 24 heavy (non-hydrogen) atoms. The van der Waals surface area contributed by atoms with Crippen LogP contribution in [0.15, 0.2) is 18.3 Å². The van der Waals surface area contributed by atoms with Crippen LogP contribution in [-0.2, 0) is 6.54 Å². The first-order chi connectivity index (χ1) is 11.7. The third-order valence-corrected chi connectivity index (χ3v) is 6.32. The van der Waals surface area contributed by atoms with Crippen molar-refractivity contribution in [2.24, 2.45) is 5.92 Å². The summed E-state index contributed by atoms with van der Waals surface area (Å²) in [6, 6.07) is 4.99. The highest BCUT2D eigenvalue weighted by atomic mass is 15.2. The third kappa shape index (κ3) is 2.98. The van der Waals surface area contributed by atoms with Gasteiger partial charge in [0.2, 0.25) is 0 Å². The number of aromatic amines is 1. The summed E-state index contributed by atoms with van der Waals surface area (Å²) >= 11 is 0. The molecule has 130 valence electrons. The predicted molar refractivity (Wildman–Crippen MR) is 99.2 cm³/mol. The number of nitrogens with zero attached hydrogens (tertiary/aromatic N) is 2. The van der Waals surface area contributed by atoms with Crippen molar-refractivity contribution in [3.8, 4) is 0 Å². The molecule has 2 atom stereocenters. The molecule has 2 N–H and O–H groups in total. The number of likely N-dealkylation sites (tertiary alicyclic amines) is 1. The smallest absolute Gasteiger partial charge is 0.137 e. The highest BCUT2D eigenvalue weighted by molar-refractivity contribution is 5.81. The van der Waals surface area contributed by atoms with Gasteiger partial charge in [-0.05, 0) is 75.9 Å². The molecule has 0 aromatic carbocycles. The molecule has 2 saturated heterocycles. The van der Waals surface area contributed by atoms with Crippen LogP contribution >= 0.6 is 0 Å². The lowest BCUT2D eigenvalue weighted by molar-refractivity contribution is 0.106. The number of hydrogen-bond donors (Lipinski definition) is 2. The Bertz CT molecular complexity index is 686. The summed E-state index contributed by atoms with van der Waals surface area (Å²) in [6.07, 6.45) is 7.06. The molecule has 2 aromatic heterocycles. The Morgan fingerprint density at radius 2 is 2.04 bits per heavy atom. The molecule has 0 bridgehead atoms. The van der Waals surface area contributed by atoms with Crippen LogP contribution in [0, 0.1) is 5.92 Å². The maximum Gasteiger partial charge on any atom is 0.137 e. The summed E-state index contributed by atoms with van der Waals surface area (Å²) in [5.41, 5.74) is 4.03. The van der Waals surface area contributed by atoms with Crippen molar-refractivity contribution in [2.45, 2.75) is 58.0 Å². The van der Waals surface area contributed by atoms with Crippen LogP contribution in [-0.4, -0.2) is 40.5 Å². The fourth-order valence-electron chi connectivity index (χ4n) is 4.57. The molecule has 4 heteroatoms. The van der Waals surface area contributed by atoms with Gasteiger partial charge < -0.3 is 10.3 Å². The van der Waals surface area contributed by atoms with E-state index >= 15 is 0 Å². The number of piperidine rings is 2. The lowest BCUT2D eigenvalue weighted by Gasteiger charge is -2.38. The van der Waals surface area contributed by atoms with Crippen LogP contribution in [0.2, 0.25) is 0 Å². The summed E-state index contributed by atoms with van der Waals surface area (Å²) < 4.78 is 0. The van der Waals surface area contributed by atoms with Gasteiger partial charge in [-0.1, -0.05) is 6.92 Å². The van der Waals surface area contributed by atoms with Crippen molar-refractivity contribution >= 4 is 11.0 Å². The van der Waals surface area contributed by atoms with Crippen molar-refractivity contribution in [3.63, 3.8) is 0 Å². The van der Waals surface area contributed by atoms with E-state index < -0.39 is 0 Å². The van der Waals surface area contributed by atoms with Gasteiger partial charge in [-0.15, -0.1) is 0 Å². The molecule has 0 amide bonds. The molecule has 2 aliphatic heterocycles. The monoisotopic (exact) mass is 326 g/mol. The summed E-state index contributed by atoms with van der Waals surface area (Å²) in [5, 5.41) is 4.82. The summed E-state index contributed by atoms with van der Waals surface area (Å²) in [4.78, 5) is 11.0. The molecule has 4 heterocycles. The van der Waals surface area contributed by atoms with Crippen molar-refractivity contribution in [1.29, 1.82) is 0 Å². The number of hydrogen-bond acceptors (Lipinski definition) is 3. The topological polar surface area (TPSA) is 44.0 Å². The van der Waals surface area contributed by atoms with Crippen molar-refractivity contribution in [2.75, 3.05) is 19.6 Å². The highest BCUT2D eigenvalue weighted by Gasteiger charge is 2.28. The second-order valence-corrected chi connectivity index (χ2v) is 7.77. The Morgan fingerprint density at radius 3 is 2.88 bits per heavy atom. The minimum atomic E-state index is 0.646. The zero-order valence-corrected chi connectivity index (χ0v) is 15.0. The first kappa shape index (κ1) is 16.1. The largest absolute Gasteiger partial charge is 0.343 e. The van der Waals surface area contributed by atoms with Gasteiger partial charge in [0.25, 0.3) is 0 Å². The van der Waals surface area contributed by atoms with E-state index in [0.29, 0.717) is 12.0 Å². The normalized spacial score (nSPS) is 26.9. The van der Waals surface area contributed by atoms with E-state index in [1.165, 1.54) is 48.9 Å². The van der Waals surface area contributed by atoms with E-state index in [9.17, 15) is 0 Å². The average molecular weight is 326 g/mol. The fourth-order valence-corrected chi connectivity index (χ4v) is 4.57. The quantitative estimate of drug-likeness (QED) is 0.905. The average Bonchev–Trinajstić information content (AvgIpc) is 2.98. The van der Waals surface area contributed by atoms with Gasteiger partial charge in [-0.2, -0.15) is 0 Å². The molecule has 0 spiro atoms. The molecule has 0 saturated carbocycles. The lowest BCUT2D eigenvalue weighted by Crippen LogP contribution is -2.42. The number of aromatic nitrogens is 2. The Kier molecular flexibility index (Phi) is 4.59. The molecule has 4 rings (SSSR count). The van der Waals surface area contributed by atoms with Crippen LogP contribution in [0.4, 0.5) is 0 Å². The van der Waals surface area contributed by atoms with Gasteiger partial charge in [0, 0.05) is 35.8 Å². The molecule has 2 aromatic rings. The predicted octanol–water partition coefficient (Wildman–Crippen LogP) is 3.65. The van der Waals surface area contributed by atoms with Gasteiger partial charge in [-0.25, -0.2) is 4.98 Å². The van der Waals surface area contributed by atoms with Crippen molar-refractivity contribution in [3.05, 3.63) is 29.6 Å². The van der Waals surface area contributed by atoms with E-state index in [4.69, 9.17) is 0 Å². The van der Waals surface area contributed by atoms with Gasteiger partial charge >= 0.3 is 0 Å². The van der Waals surface area contributed by atoms with Crippen LogP contribution < -0.4 is 5.32 Å². The second-order valence-electron chi connectivity index (χ2n) is 7.77. The summed E-state index contributed by atoms with van der Waals surface area (Å²) in [7, 11) is 0. The number of pyridine rings is 1. The zero-order valence-electron chi connectivity index (χ0n) is 15.0. The first-order valence-corrected chi connectivity index (χ1v) is 9.64. The molecule has 4 nitrogen and oxygen atoms in total. The first-order valence-electron chi connectivity index (χ1n) is 9.64. The zero-order chi connectivity index (χ0) is 16.5. The number of fused-ring (bicyclic) bond motifs is 1. The number of rotatable bonds is 3. The van der Waals surface area contributed by atoms with Crippen LogP contribution in [0.5, 0.6) is 0 Å². The standard InChI is InChI=1S/C20H30N4/c1-14-5-4-12-24(15(14)2)13-18-17-6-3-9-22-20(17)23-19(18)16-7-10-21-11-8-16/h3,6,9,14-16,21H,4-5,7-8,10-13H2,1-2H3,(H,22,23)/t14-,15-/m0/s1. The molecule has 0 aliphatic carbocycles. The van der Waals surface area contributed by atoms with Crippen molar-refractivity contribution in [1.82, 2.24) is 20.2 Å². The SMILES string of the molecule is C[C@H]1CCCN(Cc2c(C3CCNCC3)[nH]c3ncccc23)[C@H]1C. The van der Waals surface area contributed by atoms with Crippen LogP contribution in [0.3, 0.4) is 0 Å². The fraction of sp³-hybridized carbons (Fsp3) is 0.650. The van der Waals surface area contributed by atoms with Crippen LogP contribution in [0.25, 0.3) is 11.0 Å². The third-order valence-electron chi connectivity index (χ3n) is 6.32. The Balaban J connectivity index is 1.69. The van der Waals surface area contributed by atoms with Gasteiger partial charge in [0.1, 0.15) is 5.65 Å². The Morgan fingerprint density at radius 1 is 1.21 bits per heavy atom. The molecule has 0 radical (unpaired) electrons. The Labute approximate surface area is 145 Å².